The quantitative estimate of drug-likeness (QED) is 0.648. The lowest BCUT2D eigenvalue weighted by Gasteiger charge is -2.10. The predicted octanol–water partition coefficient (Wildman–Crippen LogP) is 3.16. The van der Waals surface area contributed by atoms with Crippen LogP contribution in [0, 0.1) is 0 Å². The maximum absolute atomic E-state index is 12.1. The van der Waals surface area contributed by atoms with Crippen molar-refractivity contribution in [1.82, 2.24) is 0 Å². The van der Waals surface area contributed by atoms with Gasteiger partial charge < -0.3 is 24.8 Å². The van der Waals surface area contributed by atoms with Gasteiger partial charge in [-0.3, -0.25) is 4.79 Å². The Labute approximate surface area is 148 Å². The third-order valence-corrected chi connectivity index (χ3v) is 3.29. The number of hydrogen-bond acceptors (Lipinski definition) is 5. The molecule has 25 heavy (non-hydrogen) atoms. The highest BCUT2D eigenvalue weighted by Crippen LogP contribution is 2.18. The van der Waals surface area contributed by atoms with Crippen molar-refractivity contribution in [3.63, 3.8) is 0 Å². The molecule has 0 unspecified atom stereocenters. The van der Waals surface area contributed by atoms with Crippen molar-refractivity contribution in [3.05, 3.63) is 48.5 Å². The molecule has 0 saturated heterocycles. The smallest absolute Gasteiger partial charge is 0.243 e. The average Bonchev–Trinajstić information content (AvgIpc) is 2.62. The van der Waals surface area contributed by atoms with E-state index < -0.39 is 0 Å². The fourth-order valence-electron chi connectivity index (χ4n) is 2.13. The number of hydrogen-bond donors (Lipinski definition) is 2. The Morgan fingerprint density at radius 1 is 0.960 bits per heavy atom. The largest absolute Gasteiger partial charge is 0.494 e. The van der Waals surface area contributed by atoms with Gasteiger partial charge in [-0.2, -0.15) is 0 Å². The van der Waals surface area contributed by atoms with Crippen LogP contribution in [0.2, 0.25) is 0 Å². The highest BCUT2D eigenvalue weighted by molar-refractivity contribution is 5.93. The van der Waals surface area contributed by atoms with Crippen molar-refractivity contribution in [2.75, 3.05) is 44.1 Å². The predicted molar refractivity (Wildman–Crippen MR) is 98.5 cm³/mol. The van der Waals surface area contributed by atoms with Crippen LogP contribution in [0.3, 0.4) is 0 Å². The first-order valence-electron chi connectivity index (χ1n) is 8.19. The number of nitrogens with one attached hydrogen (secondary N) is 2. The Kier molecular flexibility index (Phi) is 7.59. The Morgan fingerprint density at radius 3 is 2.48 bits per heavy atom. The molecule has 134 valence electrons. The van der Waals surface area contributed by atoms with E-state index in [9.17, 15) is 4.79 Å². The van der Waals surface area contributed by atoms with Crippen molar-refractivity contribution in [3.8, 4) is 11.5 Å². The van der Waals surface area contributed by atoms with Crippen LogP contribution < -0.4 is 20.1 Å². The average molecular weight is 344 g/mol. The fourth-order valence-corrected chi connectivity index (χ4v) is 2.13. The number of carbonyl (C=O) groups is 1. The van der Waals surface area contributed by atoms with E-state index in [4.69, 9.17) is 14.2 Å². The molecule has 0 bridgehead atoms. The van der Waals surface area contributed by atoms with E-state index >= 15 is 0 Å². The van der Waals surface area contributed by atoms with E-state index in [2.05, 4.69) is 10.6 Å². The van der Waals surface area contributed by atoms with E-state index in [-0.39, 0.29) is 12.5 Å². The number of amides is 1. The highest BCUT2D eigenvalue weighted by atomic mass is 16.5. The van der Waals surface area contributed by atoms with Crippen molar-refractivity contribution in [1.29, 1.82) is 0 Å². The van der Waals surface area contributed by atoms with E-state index in [1.54, 1.807) is 13.2 Å². The number of methoxy groups -OCH3 is 1. The monoisotopic (exact) mass is 344 g/mol. The number of anilines is 2. The van der Waals surface area contributed by atoms with Crippen molar-refractivity contribution in [2.24, 2.45) is 0 Å². The molecule has 0 spiro atoms. The molecule has 2 aromatic carbocycles. The van der Waals surface area contributed by atoms with Crippen LogP contribution in [-0.4, -0.2) is 39.4 Å². The first-order chi connectivity index (χ1) is 12.2. The summed E-state index contributed by atoms with van der Waals surface area (Å²) >= 11 is 0. The maximum Gasteiger partial charge on any atom is 0.243 e. The third kappa shape index (κ3) is 6.73. The molecule has 0 aliphatic heterocycles. The van der Waals surface area contributed by atoms with Gasteiger partial charge in [0, 0.05) is 24.6 Å². The Bertz CT molecular complexity index is 659. The molecule has 6 heteroatoms. The Morgan fingerprint density at radius 2 is 1.76 bits per heavy atom. The summed E-state index contributed by atoms with van der Waals surface area (Å²) in [5.41, 5.74) is 1.55. The number of ether oxygens (including phenoxy) is 3. The summed E-state index contributed by atoms with van der Waals surface area (Å²) < 4.78 is 15.9. The zero-order valence-electron chi connectivity index (χ0n) is 14.6. The number of rotatable bonds is 10. The maximum atomic E-state index is 12.1. The zero-order chi connectivity index (χ0) is 17.9. The summed E-state index contributed by atoms with van der Waals surface area (Å²) in [4.78, 5) is 12.1. The minimum atomic E-state index is -0.136. The van der Waals surface area contributed by atoms with Gasteiger partial charge in [-0.25, -0.2) is 0 Å². The van der Waals surface area contributed by atoms with E-state index in [1.165, 1.54) is 0 Å². The summed E-state index contributed by atoms with van der Waals surface area (Å²) in [5.74, 6) is 1.36. The van der Waals surface area contributed by atoms with Gasteiger partial charge in [-0.1, -0.05) is 6.07 Å². The lowest BCUT2D eigenvalue weighted by molar-refractivity contribution is -0.114. The molecule has 0 aliphatic carbocycles. The van der Waals surface area contributed by atoms with Gasteiger partial charge in [-0.15, -0.1) is 0 Å². The topological polar surface area (TPSA) is 68.8 Å². The van der Waals surface area contributed by atoms with Crippen LogP contribution in [0.15, 0.2) is 48.5 Å². The summed E-state index contributed by atoms with van der Waals surface area (Å²) in [7, 11) is 1.62. The fraction of sp³-hybridized carbons (Fsp3) is 0.316. The lowest BCUT2D eigenvalue weighted by atomic mass is 10.3. The van der Waals surface area contributed by atoms with E-state index in [1.807, 2.05) is 49.4 Å². The molecule has 2 N–H and O–H groups in total. The Hall–Kier alpha value is -2.73. The molecular weight excluding hydrogens is 320 g/mol. The number of benzene rings is 2. The normalized spacial score (nSPS) is 10.2. The van der Waals surface area contributed by atoms with E-state index in [0.29, 0.717) is 31.3 Å². The van der Waals surface area contributed by atoms with Crippen LogP contribution in [0.5, 0.6) is 11.5 Å². The molecule has 2 rings (SSSR count). The Balaban J connectivity index is 1.80. The molecule has 0 aliphatic rings. The van der Waals surface area contributed by atoms with Crippen LogP contribution in [0.25, 0.3) is 0 Å². The van der Waals surface area contributed by atoms with Crippen LogP contribution in [0.1, 0.15) is 6.92 Å². The molecule has 2 aromatic rings. The second kappa shape index (κ2) is 10.2. The van der Waals surface area contributed by atoms with Gasteiger partial charge in [0.25, 0.3) is 0 Å². The molecule has 0 radical (unpaired) electrons. The van der Waals surface area contributed by atoms with Gasteiger partial charge in [0.1, 0.15) is 18.1 Å². The SMILES string of the molecule is CCOc1ccc(NCC(=O)Nc2cccc(OCCOC)c2)cc1. The lowest BCUT2D eigenvalue weighted by Crippen LogP contribution is -2.21. The second-order valence-electron chi connectivity index (χ2n) is 5.23. The molecule has 1 amide bonds. The molecule has 0 heterocycles. The second-order valence-corrected chi connectivity index (χ2v) is 5.23. The van der Waals surface area contributed by atoms with Gasteiger partial charge in [0.2, 0.25) is 5.91 Å². The minimum Gasteiger partial charge on any atom is -0.494 e. The molecule has 0 atom stereocenters. The molecule has 6 nitrogen and oxygen atoms in total. The van der Waals surface area contributed by atoms with Crippen molar-refractivity contribution >= 4 is 17.3 Å². The third-order valence-electron chi connectivity index (χ3n) is 3.29. The van der Waals surface area contributed by atoms with Crippen molar-refractivity contribution in [2.45, 2.75) is 6.92 Å². The van der Waals surface area contributed by atoms with Crippen LogP contribution in [-0.2, 0) is 9.53 Å². The van der Waals surface area contributed by atoms with Crippen molar-refractivity contribution < 1.29 is 19.0 Å². The van der Waals surface area contributed by atoms with Gasteiger partial charge in [0.15, 0.2) is 0 Å². The molecule has 0 saturated carbocycles. The van der Waals surface area contributed by atoms with Gasteiger partial charge in [-0.05, 0) is 43.3 Å². The molecule has 0 fully saturated rings. The molecular formula is C19H24N2O4. The summed E-state index contributed by atoms with van der Waals surface area (Å²) in [6, 6.07) is 14.8. The van der Waals surface area contributed by atoms with Gasteiger partial charge in [0.05, 0.1) is 19.8 Å². The molecule has 0 aromatic heterocycles. The summed E-state index contributed by atoms with van der Waals surface area (Å²) in [6.45, 7) is 3.72. The van der Waals surface area contributed by atoms with Gasteiger partial charge >= 0.3 is 0 Å². The first kappa shape index (κ1) is 18.6. The minimum absolute atomic E-state index is 0.136. The number of carbonyl (C=O) groups excluding carboxylic acids is 1. The summed E-state index contributed by atoms with van der Waals surface area (Å²) in [5, 5.41) is 5.91. The van der Waals surface area contributed by atoms with Crippen LogP contribution >= 0.6 is 0 Å². The van der Waals surface area contributed by atoms with Crippen LogP contribution in [0.4, 0.5) is 11.4 Å². The van der Waals surface area contributed by atoms with E-state index in [0.717, 1.165) is 11.4 Å². The highest BCUT2D eigenvalue weighted by Gasteiger charge is 2.04. The first-order valence-corrected chi connectivity index (χ1v) is 8.19. The zero-order valence-corrected chi connectivity index (χ0v) is 14.6. The summed E-state index contributed by atoms with van der Waals surface area (Å²) in [6.07, 6.45) is 0. The standard InChI is InChI=1S/C19H24N2O4/c1-3-24-17-9-7-15(8-10-17)20-14-19(22)21-16-5-4-6-18(13-16)25-12-11-23-2/h4-10,13,20H,3,11-12,14H2,1-2H3,(H,21,22).